The van der Waals surface area contributed by atoms with E-state index in [1.807, 2.05) is 45.1 Å². The van der Waals surface area contributed by atoms with Gasteiger partial charge in [-0.25, -0.2) is 0 Å². The normalized spacial score (nSPS) is 15.2. The Hall–Kier alpha value is -2.53. The Morgan fingerprint density at radius 1 is 1.21 bits per heavy atom. The summed E-state index contributed by atoms with van der Waals surface area (Å²) < 4.78 is 10.4. The van der Waals surface area contributed by atoms with Crippen molar-refractivity contribution in [2.24, 2.45) is 5.92 Å². The van der Waals surface area contributed by atoms with Gasteiger partial charge in [-0.2, -0.15) is 0 Å². The molecule has 1 heterocycles. The zero-order valence-electron chi connectivity index (χ0n) is 18.7. The fourth-order valence-corrected chi connectivity index (χ4v) is 2.85. The van der Waals surface area contributed by atoms with Gasteiger partial charge in [0.05, 0.1) is 20.3 Å². The third-order valence-corrected chi connectivity index (χ3v) is 5.05. The number of hydrogen-bond acceptors (Lipinski definition) is 4. The molecular formula is C24H35NO4. The van der Waals surface area contributed by atoms with E-state index in [2.05, 4.69) is 24.1 Å². The second kappa shape index (κ2) is 12.1. The summed E-state index contributed by atoms with van der Waals surface area (Å²) in [5, 5.41) is 10.1. The highest BCUT2D eigenvalue weighted by Crippen LogP contribution is 2.22. The molecule has 0 amide bonds. The van der Waals surface area contributed by atoms with E-state index in [1.54, 1.807) is 6.92 Å². The molecule has 0 aliphatic carbocycles. The summed E-state index contributed by atoms with van der Waals surface area (Å²) >= 11 is 0. The molecule has 0 saturated carbocycles. The summed E-state index contributed by atoms with van der Waals surface area (Å²) in [5.41, 5.74) is 3.47. The van der Waals surface area contributed by atoms with Crippen molar-refractivity contribution >= 4 is 0 Å². The quantitative estimate of drug-likeness (QED) is 0.442. The predicted molar refractivity (Wildman–Crippen MR) is 120 cm³/mol. The Bertz CT molecular complexity index is 843. The van der Waals surface area contributed by atoms with Gasteiger partial charge in [0, 0.05) is 23.6 Å². The molecule has 160 valence electrons. The number of methoxy groups -OCH3 is 2. The summed E-state index contributed by atoms with van der Waals surface area (Å²) in [4.78, 5) is 15.5. The molecule has 0 spiro atoms. The molecule has 0 saturated heterocycles. The summed E-state index contributed by atoms with van der Waals surface area (Å²) in [6.45, 7) is 9.72. The van der Waals surface area contributed by atoms with Crippen LogP contribution in [0.5, 0.6) is 11.6 Å². The summed E-state index contributed by atoms with van der Waals surface area (Å²) in [7, 11) is 2.96. The maximum atomic E-state index is 12.4. The average molecular weight is 402 g/mol. The van der Waals surface area contributed by atoms with E-state index in [0.717, 1.165) is 17.7 Å². The van der Waals surface area contributed by atoms with Gasteiger partial charge in [0.1, 0.15) is 0 Å². The number of pyridine rings is 1. The average Bonchev–Trinajstić information content (AvgIpc) is 2.72. The highest BCUT2D eigenvalue weighted by molar-refractivity contribution is 5.40. The van der Waals surface area contributed by atoms with Crippen molar-refractivity contribution in [2.45, 2.75) is 53.6 Å². The van der Waals surface area contributed by atoms with Crippen LogP contribution in [0.3, 0.4) is 0 Å². The van der Waals surface area contributed by atoms with E-state index in [0.29, 0.717) is 17.9 Å². The Kier molecular flexibility index (Phi) is 10.2. The molecule has 5 heteroatoms. The molecule has 0 radical (unpaired) electrons. The highest BCUT2D eigenvalue weighted by Gasteiger charge is 2.14. The van der Waals surface area contributed by atoms with Gasteiger partial charge in [-0.05, 0) is 39.7 Å². The molecule has 2 N–H and O–H groups in total. The molecule has 2 atom stereocenters. The van der Waals surface area contributed by atoms with Crippen molar-refractivity contribution in [3.05, 3.63) is 69.1 Å². The van der Waals surface area contributed by atoms with E-state index in [1.165, 1.54) is 19.8 Å². The first-order chi connectivity index (χ1) is 13.8. The van der Waals surface area contributed by atoms with Crippen LogP contribution in [0.2, 0.25) is 0 Å². The van der Waals surface area contributed by atoms with Crippen molar-refractivity contribution < 1.29 is 14.6 Å². The van der Waals surface area contributed by atoms with Gasteiger partial charge in [-0.1, -0.05) is 49.0 Å². The van der Waals surface area contributed by atoms with Gasteiger partial charge < -0.3 is 19.6 Å². The van der Waals surface area contributed by atoms with Crippen LogP contribution in [-0.2, 0) is 6.42 Å². The molecule has 1 aromatic heterocycles. The fourth-order valence-electron chi connectivity index (χ4n) is 2.85. The summed E-state index contributed by atoms with van der Waals surface area (Å²) in [6, 6.07) is 0. The first-order valence-corrected chi connectivity index (χ1v) is 9.90. The number of rotatable bonds is 10. The molecule has 0 fully saturated rings. The second-order valence-electron chi connectivity index (χ2n) is 7.23. The Balaban J connectivity index is 2.72. The summed E-state index contributed by atoms with van der Waals surface area (Å²) in [6.07, 6.45) is 13.1. The standard InChI is InChI=1S/C24H35NO4/c1-8-17(3)21(26)18(4)13-11-9-10-12-16(2)14-15-20-19(5)22(27)23(28-6)24(25-20)29-7/h8-11,13-14,18,21,26H,12,15H2,1-7H3,(H,25,27)/b10-9+,13-11+,16-14+,17-8+/t18-,21+/m1/s1. The Morgan fingerprint density at radius 3 is 2.48 bits per heavy atom. The minimum atomic E-state index is -0.446. The van der Waals surface area contributed by atoms with E-state index < -0.39 is 6.10 Å². The maximum Gasteiger partial charge on any atom is 0.238 e. The number of aromatic nitrogens is 1. The molecule has 0 aliphatic heterocycles. The lowest BCUT2D eigenvalue weighted by Crippen LogP contribution is -2.16. The smallest absolute Gasteiger partial charge is 0.238 e. The fraction of sp³-hybridized carbons (Fsp3) is 0.458. The zero-order chi connectivity index (χ0) is 22.0. The number of aromatic amines is 1. The lowest BCUT2D eigenvalue weighted by molar-refractivity contribution is 0.173. The first kappa shape index (κ1) is 24.5. The van der Waals surface area contributed by atoms with Gasteiger partial charge in [0.25, 0.3) is 0 Å². The van der Waals surface area contributed by atoms with Crippen LogP contribution in [0.25, 0.3) is 0 Å². The van der Waals surface area contributed by atoms with Crippen molar-refractivity contribution in [1.29, 1.82) is 0 Å². The topological polar surface area (TPSA) is 71.6 Å². The van der Waals surface area contributed by atoms with Crippen molar-refractivity contribution in [2.75, 3.05) is 14.2 Å². The van der Waals surface area contributed by atoms with E-state index in [-0.39, 0.29) is 17.1 Å². The summed E-state index contributed by atoms with van der Waals surface area (Å²) in [5.74, 6) is 0.615. The molecular weight excluding hydrogens is 366 g/mol. The molecule has 1 rings (SSSR count). The van der Waals surface area contributed by atoms with Crippen LogP contribution in [0.1, 0.15) is 45.4 Å². The third-order valence-electron chi connectivity index (χ3n) is 5.05. The molecule has 5 nitrogen and oxygen atoms in total. The van der Waals surface area contributed by atoms with Crippen molar-refractivity contribution in [1.82, 2.24) is 4.98 Å². The van der Waals surface area contributed by atoms with Crippen LogP contribution in [-0.4, -0.2) is 30.4 Å². The van der Waals surface area contributed by atoms with Crippen LogP contribution < -0.4 is 14.9 Å². The third kappa shape index (κ3) is 7.09. The van der Waals surface area contributed by atoms with Crippen LogP contribution in [0.15, 0.2) is 52.4 Å². The SMILES string of the molecule is C/C=C(\C)[C@H](O)[C@H](C)/C=C/C=C/C/C(C)=C/Cc1[nH]c(OC)c(OC)c(=O)c1C. The van der Waals surface area contributed by atoms with Crippen molar-refractivity contribution in [3.8, 4) is 11.6 Å². The number of aliphatic hydroxyl groups is 1. The molecule has 29 heavy (non-hydrogen) atoms. The van der Waals surface area contributed by atoms with E-state index >= 15 is 0 Å². The number of nitrogens with one attached hydrogen (secondary N) is 1. The highest BCUT2D eigenvalue weighted by atomic mass is 16.5. The number of aliphatic hydroxyl groups excluding tert-OH is 1. The van der Waals surface area contributed by atoms with Gasteiger partial charge >= 0.3 is 0 Å². The van der Waals surface area contributed by atoms with E-state index in [4.69, 9.17) is 9.47 Å². The van der Waals surface area contributed by atoms with Gasteiger partial charge in [-0.15, -0.1) is 0 Å². The molecule has 0 bridgehead atoms. The lowest BCUT2D eigenvalue weighted by Gasteiger charge is -2.15. The van der Waals surface area contributed by atoms with Crippen LogP contribution >= 0.6 is 0 Å². The first-order valence-electron chi connectivity index (χ1n) is 9.90. The van der Waals surface area contributed by atoms with Crippen LogP contribution in [0, 0.1) is 12.8 Å². The minimum Gasteiger partial charge on any atom is -0.488 e. The van der Waals surface area contributed by atoms with Crippen LogP contribution in [0.4, 0.5) is 0 Å². The Morgan fingerprint density at radius 2 is 1.90 bits per heavy atom. The molecule has 0 aromatic carbocycles. The van der Waals surface area contributed by atoms with Crippen molar-refractivity contribution in [3.63, 3.8) is 0 Å². The van der Waals surface area contributed by atoms with Gasteiger partial charge in [0.2, 0.25) is 17.1 Å². The lowest BCUT2D eigenvalue weighted by atomic mass is 9.98. The molecule has 1 aromatic rings. The second-order valence-corrected chi connectivity index (χ2v) is 7.23. The Labute approximate surface area is 174 Å². The number of allylic oxidation sites excluding steroid dienone is 6. The zero-order valence-corrected chi connectivity index (χ0v) is 18.7. The maximum absolute atomic E-state index is 12.4. The van der Waals surface area contributed by atoms with Gasteiger partial charge in [0.15, 0.2) is 0 Å². The monoisotopic (exact) mass is 401 g/mol. The number of H-pyrrole nitrogens is 1. The molecule has 0 unspecified atom stereocenters. The molecule has 0 aliphatic rings. The predicted octanol–water partition coefficient (Wildman–Crippen LogP) is 4.66. The minimum absolute atomic E-state index is 0.0670. The number of ether oxygens (including phenoxy) is 2. The van der Waals surface area contributed by atoms with E-state index in [9.17, 15) is 9.90 Å². The number of hydrogen-bond donors (Lipinski definition) is 2. The largest absolute Gasteiger partial charge is 0.488 e. The van der Waals surface area contributed by atoms with Gasteiger partial charge in [-0.3, -0.25) is 4.79 Å².